The molecule has 2 heterocycles. The third-order valence-corrected chi connectivity index (χ3v) is 6.43. The number of hydrogen-bond donors (Lipinski definition) is 0. The van der Waals surface area contributed by atoms with Gasteiger partial charge in [0.25, 0.3) is 5.91 Å². The van der Waals surface area contributed by atoms with E-state index < -0.39 is 0 Å². The van der Waals surface area contributed by atoms with Crippen LogP contribution in [0.15, 0.2) is 54.6 Å². The van der Waals surface area contributed by atoms with Gasteiger partial charge in [0, 0.05) is 37.8 Å². The largest absolute Gasteiger partial charge is 0.368 e. The Kier molecular flexibility index (Phi) is 4.81. The highest BCUT2D eigenvalue weighted by atomic mass is 16.2. The highest BCUT2D eigenvalue weighted by Crippen LogP contribution is 2.40. The summed E-state index contributed by atoms with van der Waals surface area (Å²) < 4.78 is 1.84. The van der Waals surface area contributed by atoms with E-state index in [0.717, 1.165) is 37.6 Å². The smallest absolute Gasteiger partial charge is 0.272 e. The van der Waals surface area contributed by atoms with Gasteiger partial charge in [0.1, 0.15) is 5.69 Å². The van der Waals surface area contributed by atoms with Crippen LogP contribution >= 0.6 is 0 Å². The van der Waals surface area contributed by atoms with Crippen LogP contribution in [0.25, 0.3) is 5.69 Å². The zero-order valence-corrected chi connectivity index (χ0v) is 17.7. The van der Waals surface area contributed by atoms with Crippen molar-refractivity contribution in [2.45, 2.75) is 32.6 Å². The minimum Gasteiger partial charge on any atom is -0.368 e. The highest BCUT2D eigenvalue weighted by molar-refractivity contribution is 5.93. The molecule has 1 aliphatic heterocycles. The van der Waals surface area contributed by atoms with Crippen molar-refractivity contribution in [1.29, 1.82) is 0 Å². The van der Waals surface area contributed by atoms with Crippen LogP contribution in [0.2, 0.25) is 0 Å². The molecule has 5 heteroatoms. The van der Waals surface area contributed by atoms with E-state index in [9.17, 15) is 4.79 Å². The van der Waals surface area contributed by atoms with Crippen molar-refractivity contribution in [1.82, 2.24) is 14.7 Å². The van der Waals surface area contributed by atoms with Crippen molar-refractivity contribution in [3.63, 3.8) is 0 Å². The second kappa shape index (κ2) is 7.63. The summed E-state index contributed by atoms with van der Waals surface area (Å²) in [6, 6.07) is 18.5. The maximum Gasteiger partial charge on any atom is 0.272 e. The molecule has 1 saturated heterocycles. The summed E-state index contributed by atoms with van der Waals surface area (Å²) in [5, 5.41) is 4.80. The third kappa shape index (κ3) is 3.49. The lowest BCUT2D eigenvalue weighted by atomic mass is 10.1. The Balaban J connectivity index is 1.36. The van der Waals surface area contributed by atoms with Crippen LogP contribution in [0.3, 0.4) is 0 Å². The van der Waals surface area contributed by atoms with Crippen LogP contribution < -0.4 is 4.90 Å². The average molecular weight is 401 g/mol. The van der Waals surface area contributed by atoms with Crippen molar-refractivity contribution >= 4 is 11.6 Å². The molecular formula is C25H28N4O. The van der Waals surface area contributed by atoms with Gasteiger partial charge in [-0.2, -0.15) is 5.10 Å². The van der Waals surface area contributed by atoms with Gasteiger partial charge in [0.05, 0.1) is 11.4 Å². The molecule has 2 fully saturated rings. The van der Waals surface area contributed by atoms with E-state index in [-0.39, 0.29) is 5.91 Å². The molecule has 2 aromatic carbocycles. The molecule has 0 spiro atoms. The quantitative estimate of drug-likeness (QED) is 0.655. The summed E-state index contributed by atoms with van der Waals surface area (Å²) in [5.41, 5.74) is 6.60. The monoisotopic (exact) mass is 400 g/mol. The number of carbonyl (C=O) groups excluding carboxylic acids is 1. The van der Waals surface area contributed by atoms with Crippen molar-refractivity contribution < 1.29 is 4.79 Å². The van der Waals surface area contributed by atoms with E-state index in [4.69, 9.17) is 5.10 Å². The van der Waals surface area contributed by atoms with E-state index >= 15 is 0 Å². The summed E-state index contributed by atoms with van der Waals surface area (Å²) in [6.07, 6.45) is 2.35. The van der Waals surface area contributed by atoms with Gasteiger partial charge in [-0.3, -0.25) is 4.79 Å². The first-order chi connectivity index (χ1) is 14.6. The molecule has 1 saturated carbocycles. The molecule has 5 nitrogen and oxygen atoms in total. The number of benzene rings is 2. The van der Waals surface area contributed by atoms with Crippen LogP contribution in [-0.2, 0) is 0 Å². The van der Waals surface area contributed by atoms with Gasteiger partial charge < -0.3 is 9.80 Å². The number of piperazine rings is 1. The highest BCUT2D eigenvalue weighted by Gasteiger charge is 2.31. The maximum atomic E-state index is 13.5. The molecule has 30 heavy (non-hydrogen) atoms. The first-order valence-corrected chi connectivity index (χ1v) is 10.9. The molecule has 1 aromatic heterocycles. The SMILES string of the molecule is Cc1cccc(N2CCN(C(=O)c3cc(C4CC4)nn3-c3ccccc3)CC2)c1C. The number of nitrogens with zero attached hydrogens (tertiary/aromatic N) is 4. The third-order valence-electron chi connectivity index (χ3n) is 6.43. The van der Waals surface area contributed by atoms with Crippen LogP contribution in [0.1, 0.15) is 46.1 Å². The van der Waals surface area contributed by atoms with Gasteiger partial charge >= 0.3 is 0 Å². The minimum absolute atomic E-state index is 0.0823. The molecule has 0 unspecified atom stereocenters. The van der Waals surface area contributed by atoms with Crippen molar-refractivity contribution in [3.8, 4) is 5.69 Å². The van der Waals surface area contributed by atoms with Gasteiger partial charge in [0.15, 0.2) is 0 Å². The minimum atomic E-state index is 0.0823. The van der Waals surface area contributed by atoms with Crippen molar-refractivity contribution in [2.24, 2.45) is 0 Å². The number of aryl methyl sites for hydroxylation is 1. The van der Waals surface area contributed by atoms with Crippen LogP contribution in [0.5, 0.6) is 0 Å². The van der Waals surface area contributed by atoms with Gasteiger partial charge in [-0.15, -0.1) is 0 Å². The summed E-state index contributed by atoms with van der Waals surface area (Å²) in [6.45, 7) is 7.49. The van der Waals surface area contributed by atoms with Gasteiger partial charge in [0.2, 0.25) is 0 Å². The van der Waals surface area contributed by atoms with Gasteiger partial charge in [-0.25, -0.2) is 4.68 Å². The molecule has 0 atom stereocenters. The predicted octanol–water partition coefficient (Wildman–Crippen LogP) is 4.33. The van der Waals surface area contributed by atoms with Crippen LogP contribution in [0.4, 0.5) is 5.69 Å². The fraction of sp³-hybridized carbons (Fsp3) is 0.360. The summed E-state index contributed by atoms with van der Waals surface area (Å²) in [4.78, 5) is 17.8. The maximum absolute atomic E-state index is 13.5. The Morgan fingerprint density at radius 2 is 1.67 bits per heavy atom. The first-order valence-electron chi connectivity index (χ1n) is 10.9. The standard InChI is InChI=1S/C25H28N4O/c1-18-7-6-10-23(19(18)2)27-13-15-28(16-14-27)25(30)24-17-22(20-11-12-20)26-29(24)21-8-4-3-5-9-21/h3-10,17,20H,11-16H2,1-2H3. The number of hydrogen-bond acceptors (Lipinski definition) is 3. The summed E-state index contributed by atoms with van der Waals surface area (Å²) >= 11 is 0. The van der Waals surface area contributed by atoms with Crippen molar-refractivity contribution in [2.75, 3.05) is 31.1 Å². The fourth-order valence-corrected chi connectivity index (χ4v) is 4.29. The predicted molar refractivity (Wildman–Crippen MR) is 120 cm³/mol. The number of para-hydroxylation sites is 1. The van der Waals surface area contributed by atoms with Crippen molar-refractivity contribution in [3.05, 3.63) is 77.1 Å². The molecule has 1 aliphatic carbocycles. The normalized spacial score (nSPS) is 16.7. The van der Waals surface area contributed by atoms with E-state index in [1.807, 2.05) is 46.0 Å². The molecule has 1 amide bonds. The van der Waals surface area contributed by atoms with E-state index in [1.165, 1.54) is 29.7 Å². The van der Waals surface area contributed by atoms with Crippen LogP contribution in [-0.4, -0.2) is 46.8 Å². The Morgan fingerprint density at radius 1 is 0.933 bits per heavy atom. The average Bonchev–Trinajstić information content (AvgIpc) is 3.54. The second-order valence-electron chi connectivity index (χ2n) is 8.47. The van der Waals surface area contributed by atoms with E-state index in [2.05, 4.69) is 36.9 Å². The topological polar surface area (TPSA) is 41.4 Å². The fourth-order valence-electron chi connectivity index (χ4n) is 4.29. The van der Waals surface area contributed by atoms with Crippen LogP contribution in [0, 0.1) is 13.8 Å². The Hall–Kier alpha value is -3.08. The summed E-state index contributed by atoms with van der Waals surface area (Å²) in [5.74, 6) is 0.599. The van der Waals surface area contributed by atoms with E-state index in [1.54, 1.807) is 0 Å². The molecule has 0 N–H and O–H groups in total. The zero-order valence-electron chi connectivity index (χ0n) is 17.7. The summed E-state index contributed by atoms with van der Waals surface area (Å²) in [7, 11) is 0. The molecule has 0 bridgehead atoms. The molecular weight excluding hydrogens is 372 g/mol. The Bertz CT molecular complexity index is 1060. The number of aromatic nitrogens is 2. The number of amides is 1. The molecule has 5 rings (SSSR count). The number of carbonyl (C=O) groups is 1. The molecule has 2 aliphatic rings. The second-order valence-corrected chi connectivity index (χ2v) is 8.47. The van der Waals surface area contributed by atoms with Gasteiger partial charge in [-0.05, 0) is 62.1 Å². The Morgan fingerprint density at radius 3 is 2.37 bits per heavy atom. The first kappa shape index (κ1) is 18.9. The number of rotatable bonds is 4. The lowest BCUT2D eigenvalue weighted by Gasteiger charge is -2.37. The lowest BCUT2D eigenvalue weighted by Crippen LogP contribution is -2.49. The van der Waals surface area contributed by atoms with Gasteiger partial charge in [-0.1, -0.05) is 30.3 Å². The van der Waals surface area contributed by atoms with E-state index in [0.29, 0.717) is 11.6 Å². The molecule has 3 aromatic rings. The number of anilines is 1. The lowest BCUT2D eigenvalue weighted by molar-refractivity contribution is 0.0737. The zero-order chi connectivity index (χ0) is 20.7. The molecule has 0 radical (unpaired) electrons. The molecule has 154 valence electrons. The Labute approximate surface area is 177 Å².